The molecule has 2 aromatic heterocycles. The maximum absolute atomic E-state index is 13.5. The highest BCUT2D eigenvalue weighted by atomic mass is 16.5. The zero-order chi connectivity index (χ0) is 28.3. The standard InChI is InChI=1S/C28H31N5O4.C2H6/c1-5-8-25(34)33(23-14-18(3)17(2)13-22(23)32-11-6-7-12-32)24-10-9-21-26(29-24)27(30-31(21)4)37-20-15-19(16-20)28(35)36;1-2/h9-10,13-14,19-20H,6-7,11-12,15-16H2,1-4H3,(H,35,36);1-2H3. The maximum atomic E-state index is 13.5. The first-order valence-corrected chi connectivity index (χ1v) is 13.6. The van der Waals surface area contributed by atoms with E-state index in [2.05, 4.69) is 34.8 Å². The van der Waals surface area contributed by atoms with E-state index in [1.807, 2.05) is 32.9 Å². The van der Waals surface area contributed by atoms with Gasteiger partial charge in [0.25, 0.3) is 5.88 Å². The van der Waals surface area contributed by atoms with E-state index in [4.69, 9.17) is 9.72 Å². The van der Waals surface area contributed by atoms with Crippen molar-refractivity contribution in [3.05, 3.63) is 35.4 Å². The number of carboxylic acid groups (broad SMARTS) is 1. The smallest absolute Gasteiger partial charge is 0.308 e. The van der Waals surface area contributed by atoms with Crippen LogP contribution >= 0.6 is 0 Å². The van der Waals surface area contributed by atoms with Crippen LogP contribution in [0.25, 0.3) is 11.0 Å². The van der Waals surface area contributed by atoms with Crippen LogP contribution in [0.3, 0.4) is 0 Å². The second-order valence-electron chi connectivity index (χ2n) is 9.85. The van der Waals surface area contributed by atoms with Crippen LogP contribution in [0, 0.1) is 31.6 Å². The van der Waals surface area contributed by atoms with Gasteiger partial charge in [0, 0.05) is 20.1 Å². The van der Waals surface area contributed by atoms with Gasteiger partial charge in [-0.15, -0.1) is 5.10 Å². The molecule has 1 saturated carbocycles. The summed E-state index contributed by atoms with van der Waals surface area (Å²) in [6.45, 7) is 11.6. The number of aromatic nitrogens is 3. The Labute approximate surface area is 229 Å². The molecule has 2 fully saturated rings. The van der Waals surface area contributed by atoms with Crippen LogP contribution in [0.1, 0.15) is 57.6 Å². The Morgan fingerprint density at radius 3 is 2.41 bits per heavy atom. The molecule has 0 spiro atoms. The summed E-state index contributed by atoms with van der Waals surface area (Å²) in [5, 5.41) is 13.7. The van der Waals surface area contributed by atoms with Crippen LogP contribution in [0.2, 0.25) is 0 Å². The largest absolute Gasteiger partial charge is 0.481 e. The number of nitrogens with zero attached hydrogens (tertiary/aromatic N) is 5. The summed E-state index contributed by atoms with van der Waals surface area (Å²) in [5.41, 5.74) is 5.25. The normalized spacial score (nSPS) is 17.9. The minimum absolute atomic E-state index is 0.227. The second kappa shape index (κ2) is 11.8. The van der Waals surface area contributed by atoms with Crippen molar-refractivity contribution in [3.63, 3.8) is 0 Å². The molecule has 1 aliphatic heterocycles. The minimum Gasteiger partial charge on any atom is -0.481 e. The van der Waals surface area contributed by atoms with Gasteiger partial charge in [0.05, 0.1) is 22.8 Å². The molecule has 0 unspecified atom stereocenters. The van der Waals surface area contributed by atoms with E-state index >= 15 is 0 Å². The van der Waals surface area contributed by atoms with E-state index in [1.165, 1.54) is 0 Å². The summed E-state index contributed by atoms with van der Waals surface area (Å²) in [5.74, 6) is 4.64. The Hall–Kier alpha value is -4.06. The monoisotopic (exact) mass is 531 g/mol. The predicted molar refractivity (Wildman–Crippen MR) is 153 cm³/mol. The first-order chi connectivity index (χ1) is 18.8. The SMILES string of the molecule is CC.CC#CC(=O)N(c1ccc2c(n1)c(OC1CC(C(=O)O)C1)nn2C)c1cc(C)c(C)cc1N1CCCC1. The zero-order valence-corrected chi connectivity index (χ0v) is 23.6. The minimum atomic E-state index is -0.806. The van der Waals surface area contributed by atoms with E-state index in [9.17, 15) is 14.7 Å². The summed E-state index contributed by atoms with van der Waals surface area (Å²) < 4.78 is 7.73. The Balaban J connectivity index is 0.00000172. The number of anilines is 3. The lowest BCUT2D eigenvalue weighted by molar-refractivity contribution is -0.148. The number of carboxylic acids is 1. The first-order valence-electron chi connectivity index (χ1n) is 13.6. The molecule has 206 valence electrons. The van der Waals surface area contributed by atoms with Crippen LogP contribution in [-0.4, -0.2) is 50.9 Å². The van der Waals surface area contributed by atoms with E-state index in [1.54, 1.807) is 29.6 Å². The molecule has 1 amide bonds. The van der Waals surface area contributed by atoms with Crippen molar-refractivity contribution >= 4 is 40.1 Å². The summed E-state index contributed by atoms with van der Waals surface area (Å²) in [7, 11) is 1.80. The number of ether oxygens (including phenoxy) is 1. The topological polar surface area (TPSA) is 101 Å². The number of carbonyl (C=O) groups is 2. The number of aliphatic carboxylic acids is 1. The van der Waals surface area contributed by atoms with Crippen LogP contribution in [0.5, 0.6) is 5.88 Å². The molecule has 1 saturated heterocycles. The molecular weight excluding hydrogens is 494 g/mol. The summed E-state index contributed by atoms with van der Waals surface area (Å²) in [4.78, 5) is 33.4. The Morgan fingerprint density at radius 1 is 1.10 bits per heavy atom. The van der Waals surface area contributed by atoms with Crippen molar-refractivity contribution in [2.75, 3.05) is 22.9 Å². The lowest BCUT2D eigenvalue weighted by Crippen LogP contribution is -2.38. The molecule has 5 rings (SSSR count). The van der Waals surface area contributed by atoms with Gasteiger partial charge < -0.3 is 14.7 Å². The molecule has 0 atom stereocenters. The van der Waals surface area contributed by atoms with Gasteiger partial charge in [-0.1, -0.05) is 19.8 Å². The molecule has 0 bridgehead atoms. The van der Waals surface area contributed by atoms with Gasteiger partial charge in [0.2, 0.25) is 0 Å². The van der Waals surface area contributed by atoms with Crippen molar-refractivity contribution < 1.29 is 19.4 Å². The lowest BCUT2D eigenvalue weighted by Gasteiger charge is -2.31. The van der Waals surface area contributed by atoms with Crippen molar-refractivity contribution in [2.24, 2.45) is 13.0 Å². The van der Waals surface area contributed by atoms with Gasteiger partial charge in [-0.25, -0.2) is 4.98 Å². The van der Waals surface area contributed by atoms with Gasteiger partial charge in [0.1, 0.15) is 11.9 Å². The second-order valence-corrected chi connectivity index (χ2v) is 9.85. The van der Waals surface area contributed by atoms with Gasteiger partial charge in [-0.3, -0.25) is 19.2 Å². The molecule has 9 nitrogen and oxygen atoms in total. The third kappa shape index (κ3) is 5.56. The van der Waals surface area contributed by atoms with Crippen LogP contribution in [-0.2, 0) is 16.6 Å². The van der Waals surface area contributed by atoms with Gasteiger partial charge in [-0.2, -0.15) is 0 Å². The number of rotatable bonds is 6. The number of benzene rings is 1. The van der Waals surface area contributed by atoms with Crippen LogP contribution in [0.15, 0.2) is 24.3 Å². The number of hydrogen-bond acceptors (Lipinski definition) is 6. The summed E-state index contributed by atoms with van der Waals surface area (Å²) in [6.07, 6.45) is 2.87. The Morgan fingerprint density at radius 2 is 1.77 bits per heavy atom. The van der Waals surface area contributed by atoms with Crippen molar-refractivity contribution in [1.82, 2.24) is 14.8 Å². The summed E-state index contributed by atoms with van der Waals surface area (Å²) in [6, 6.07) is 7.85. The van der Waals surface area contributed by atoms with Gasteiger partial charge in [-0.05, 0) is 87.8 Å². The van der Waals surface area contributed by atoms with Crippen LogP contribution in [0.4, 0.5) is 17.2 Å². The fourth-order valence-corrected chi connectivity index (χ4v) is 5.00. The molecule has 9 heteroatoms. The molecule has 3 aromatic rings. The maximum Gasteiger partial charge on any atom is 0.308 e. The number of carbonyl (C=O) groups excluding carboxylic acids is 1. The number of pyridine rings is 1. The first kappa shape index (κ1) is 28.0. The van der Waals surface area contributed by atoms with Crippen LogP contribution < -0.4 is 14.5 Å². The van der Waals surface area contributed by atoms with Crippen molar-refractivity contribution in [2.45, 2.75) is 66.4 Å². The number of amides is 1. The Bertz CT molecular complexity index is 1440. The quantitative estimate of drug-likeness (QED) is 0.440. The third-order valence-electron chi connectivity index (χ3n) is 7.32. The van der Waals surface area contributed by atoms with E-state index in [-0.39, 0.29) is 12.0 Å². The third-order valence-corrected chi connectivity index (χ3v) is 7.32. The fraction of sp³-hybridized carbons (Fsp3) is 0.467. The van der Waals surface area contributed by atoms with Gasteiger partial charge in [0.15, 0.2) is 5.52 Å². The molecule has 2 aliphatic rings. The number of fused-ring (bicyclic) bond motifs is 1. The molecule has 3 heterocycles. The lowest BCUT2D eigenvalue weighted by atomic mass is 9.82. The highest BCUT2D eigenvalue weighted by Gasteiger charge is 2.37. The van der Waals surface area contributed by atoms with Crippen molar-refractivity contribution in [1.29, 1.82) is 0 Å². The average molecular weight is 532 g/mol. The number of hydrogen-bond donors (Lipinski definition) is 1. The van der Waals surface area contributed by atoms with E-state index in [0.717, 1.165) is 53.9 Å². The zero-order valence-electron chi connectivity index (χ0n) is 23.6. The van der Waals surface area contributed by atoms with Gasteiger partial charge >= 0.3 is 11.9 Å². The highest BCUT2D eigenvalue weighted by molar-refractivity contribution is 6.12. The van der Waals surface area contributed by atoms with E-state index < -0.39 is 11.9 Å². The predicted octanol–water partition coefficient (Wildman–Crippen LogP) is 5.14. The molecule has 1 aromatic carbocycles. The molecule has 1 N–H and O–H groups in total. The molecule has 1 aliphatic carbocycles. The summed E-state index contributed by atoms with van der Waals surface area (Å²) >= 11 is 0. The Kier molecular flexibility index (Phi) is 8.44. The number of aryl methyl sites for hydroxylation is 3. The molecular formula is C30H37N5O4. The van der Waals surface area contributed by atoms with E-state index in [0.29, 0.717) is 30.1 Å². The highest BCUT2D eigenvalue weighted by Crippen LogP contribution is 2.39. The fourth-order valence-electron chi connectivity index (χ4n) is 5.00. The van der Waals surface area contributed by atoms with Crippen molar-refractivity contribution in [3.8, 4) is 17.7 Å². The molecule has 39 heavy (non-hydrogen) atoms. The molecule has 0 radical (unpaired) electrons. The average Bonchev–Trinajstić information content (AvgIpc) is 3.53.